The number of nitrogens with one attached hydrogen (secondary N) is 1. The van der Waals surface area contributed by atoms with Crippen LogP contribution in [-0.2, 0) is 17.8 Å². The van der Waals surface area contributed by atoms with Crippen molar-refractivity contribution in [3.05, 3.63) is 69.5 Å². The summed E-state index contributed by atoms with van der Waals surface area (Å²) in [6.07, 6.45) is 4.67. The maximum atomic E-state index is 13.1. The Morgan fingerprint density at radius 3 is 2.69 bits per heavy atom. The minimum Gasteiger partial charge on any atom is -0.396 e. The predicted molar refractivity (Wildman–Crippen MR) is 110 cm³/mol. The summed E-state index contributed by atoms with van der Waals surface area (Å²) in [5.74, 6) is -0.0926. The van der Waals surface area contributed by atoms with Crippen molar-refractivity contribution < 1.29 is 9.90 Å². The van der Waals surface area contributed by atoms with E-state index in [1.165, 1.54) is 23.2 Å². The summed E-state index contributed by atoms with van der Waals surface area (Å²) in [6, 6.07) is 5.64. The van der Waals surface area contributed by atoms with E-state index in [1.807, 2.05) is 32.0 Å². The second kappa shape index (κ2) is 8.74. The summed E-state index contributed by atoms with van der Waals surface area (Å²) >= 11 is 0. The Morgan fingerprint density at radius 1 is 1.21 bits per heavy atom. The van der Waals surface area contributed by atoms with Gasteiger partial charge in [0.2, 0.25) is 5.91 Å². The smallest absolute Gasteiger partial charge is 0.257 e. The van der Waals surface area contributed by atoms with Crippen molar-refractivity contribution in [3.63, 3.8) is 0 Å². The summed E-state index contributed by atoms with van der Waals surface area (Å²) in [5.41, 5.74) is 3.61. The fourth-order valence-corrected chi connectivity index (χ4v) is 3.08. The Hall–Kier alpha value is -3.39. The number of aromatic nitrogens is 4. The SMILES string of the molecule is Cc1cccc(NC(=O)Cn2c(-c3cnccn3)nc(C)c(CCO)c2=O)c1C. The Balaban J connectivity index is 2.02. The molecule has 0 aliphatic carbocycles. The van der Waals surface area contributed by atoms with Crippen LogP contribution in [0.3, 0.4) is 0 Å². The summed E-state index contributed by atoms with van der Waals surface area (Å²) < 4.78 is 1.28. The van der Waals surface area contributed by atoms with E-state index in [1.54, 1.807) is 6.92 Å². The predicted octanol–water partition coefficient (Wildman–Crippen LogP) is 1.80. The molecule has 0 saturated carbocycles. The number of carbonyl (C=O) groups is 1. The maximum Gasteiger partial charge on any atom is 0.257 e. The molecule has 3 rings (SSSR count). The number of hydrogen-bond donors (Lipinski definition) is 2. The number of hydrogen-bond acceptors (Lipinski definition) is 6. The first-order valence-electron chi connectivity index (χ1n) is 9.26. The highest BCUT2D eigenvalue weighted by Gasteiger charge is 2.19. The normalized spacial score (nSPS) is 10.8. The van der Waals surface area contributed by atoms with E-state index < -0.39 is 0 Å². The van der Waals surface area contributed by atoms with E-state index in [9.17, 15) is 14.7 Å². The Labute approximate surface area is 168 Å². The summed E-state index contributed by atoms with van der Waals surface area (Å²) in [6.45, 7) is 5.18. The van der Waals surface area contributed by atoms with Crippen LogP contribution in [-0.4, -0.2) is 37.1 Å². The molecule has 150 valence electrons. The van der Waals surface area contributed by atoms with E-state index in [-0.39, 0.29) is 36.9 Å². The molecule has 0 aliphatic heterocycles. The highest BCUT2D eigenvalue weighted by Crippen LogP contribution is 2.19. The molecule has 2 heterocycles. The second-order valence-corrected chi connectivity index (χ2v) is 6.75. The first kappa shape index (κ1) is 20.3. The minimum absolute atomic E-state index is 0.164. The monoisotopic (exact) mass is 393 g/mol. The van der Waals surface area contributed by atoms with Gasteiger partial charge >= 0.3 is 0 Å². The lowest BCUT2D eigenvalue weighted by Gasteiger charge is -2.16. The fraction of sp³-hybridized carbons (Fsp3) is 0.286. The van der Waals surface area contributed by atoms with Gasteiger partial charge in [-0.1, -0.05) is 12.1 Å². The average Bonchev–Trinajstić information content (AvgIpc) is 2.71. The van der Waals surface area contributed by atoms with E-state index in [0.29, 0.717) is 22.6 Å². The molecule has 0 spiro atoms. The molecule has 0 bridgehead atoms. The minimum atomic E-state index is -0.372. The van der Waals surface area contributed by atoms with Gasteiger partial charge in [-0.25, -0.2) is 9.97 Å². The molecular formula is C21H23N5O3. The van der Waals surface area contributed by atoms with Crippen molar-refractivity contribution in [2.24, 2.45) is 0 Å². The van der Waals surface area contributed by atoms with Crippen LogP contribution in [0, 0.1) is 20.8 Å². The van der Waals surface area contributed by atoms with Crippen molar-refractivity contribution in [1.29, 1.82) is 0 Å². The van der Waals surface area contributed by atoms with Crippen LogP contribution in [0.5, 0.6) is 0 Å². The van der Waals surface area contributed by atoms with Crippen molar-refractivity contribution in [2.75, 3.05) is 11.9 Å². The molecule has 0 atom stereocenters. The maximum absolute atomic E-state index is 13.1. The topological polar surface area (TPSA) is 110 Å². The van der Waals surface area contributed by atoms with Gasteiger partial charge in [-0.05, 0) is 38.0 Å². The molecule has 8 nitrogen and oxygen atoms in total. The molecule has 2 N–H and O–H groups in total. The van der Waals surface area contributed by atoms with Crippen LogP contribution in [0.15, 0.2) is 41.6 Å². The van der Waals surface area contributed by atoms with Gasteiger partial charge in [-0.3, -0.25) is 19.1 Å². The summed E-state index contributed by atoms with van der Waals surface area (Å²) in [5, 5.41) is 12.2. The van der Waals surface area contributed by atoms with Gasteiger partial charge in [0.1, 0.15) is 12.2 Å². The number of aliphatic hydroxyl groups excluding tert-OH is 1. The molecule has 2 aromatic heterocycles. The number of benzene rings is 1. The Kier molecular flexibility index (Phi) is 6.13. The number of nitrogens with zero attached hydrogens (tertiary/aromatic N) is 4. The lowest BCUT2D eigenvalue weighted by atomic mass is 10.1. The lowest BCUT2D eigenvalue weighted by molar-refractivity contribution is -0.116. The molecule has 0 radical (unpaired) electrons. The third-order valence-corrected chi connectivity index (χ3v) is 4.80. The third kappa shape index (κ3) is 4.38. The first-order chi connectivity index (χ1) is 13.9. The molecule has 29 heavy (non-hydrogen) atoms. The number of anilines is 1. The molecule has 0 aliphatic rings. The quantitative estimate of drug-likeness (QED) is 0.661. The van der Waals surface area contributed by atoms with Gasteiger partial charge in [-0.15, -0.1) is 0 Å². The number of amides is 1. The third-order valence-electron chi connectivity index (χ3n) is 4.80. The average molecular weight is 393 g/mol. The van der Waals surface area contributed by atoms with Crippen LogP contribution < -0.4 is 10.9 Å². The van der Waals surface area contributed by atoms with Crippen molar-refractivity contribution in [3.8, 4) is 11.5 Å². The van der Waals surface area contributed by atoms with Crippen LogP contribution >= 0.6 is 0 Å². The van der Waals surface area contributed by atoms with Gasteiger partial charge in [-0.2, -0.15) is 0 Å². The zero-order valence-corrected chi connectivity index (χ0v) is 16.6. The molecule has 0 fully saturated rings. The van der Waals surface area contributed by atoms with Crippen molar-refractivity contribution >= 4 is 11.6 Å². The molecule has 0 saturated heterocycles. The lowest BCUT2D eigenvalue weighted by Crippen LogP contribution is -2.33. The van der Waals surface area contributed by atoms with E-state index in [0.717, 1.165) is 11.1 Å². The van der Waals surface area contributed by atoms with E-state index in [2.05, 4.69) is 20.3 Å². The van der Waals surface area contributed by atoms with Crippen LogP contribution in [0.25, 0.3) is 11.5 Å². The number of aliphatic hydroxyl groups is 1. The van der Waals surface area contributed by atoms with Gasteiger partial charge in [0.05, 0.1) is 6.20 Å². The molecule has 3 aromatic rings. The molecule has 1 aromatic carbocycles. The number of carbonyl (C=O) groups excluding carboxylic acids is 1. The van der Waals surface area contributed by atoms with Gasteiger partial charge in [0.15, 0.2) is 5.82 Å². The number of rotatable bonds is 6. The summed E-state index contributed by atoms with van der Waals surface area (Å²) in [4.78, 5) is 38.6. The molecular weight excluding hydrogens is 370 g/mol. The fourth-order valence-electron chi connectivity index (χ4n) is 3.08. The number of aryl methyl sites for hydroxylation is 2. The van der Waals surface area contributed by atoms with Crippen LogP contribution in [0.2, 0.25) is 0 Å². The van der Waals surface area contributed by atoms with E-state index in [4.69, 9.17) is 0 Å². The van der Waals surface area contributed by atoms with Gasteiger partial charge < -0.3 is 10.4 Å². The zero-order chi connectivity index (χ0) is 21.0. The largest absolute Gasteiger partial charge is 0.396 e. The van der Waals surface area contributed by atoms with Crippen LogP contribution in [0.4, 0.5) is 5.69 Å². The van der Waals surface area contributed by atoms with E-state index >= 15 is 0 Å². The van der Waals surface area contributed by atoms with Crippen LogP contribution in [0.1, 0.15) is 22.4 Å². The standard InChI is InChI=1S/C21H23N5O3/c1-13-5-4-6-17(14(13)2)25-19(28)12-26-20(18-11-22-8-9-23-18)24-15(3)16(7-10-27)21(26)29/h4-6,8-9,11,27H,7,10,12H2,1-3H3,(H,25,28). The van der Waals surface area contributed by atoms with Crippen molar-refractivity contribution in [1.82, 2.24) is 19.5 Å². The molecule has 0 unspecified atom stereocenters. The Morgan fingerprint density at radius 2 is 2.00 bits per heavy atom. The zero-order valence-electron chi connectivity index (χ0n) is 16.6. The van der Waals surface area contributed by atoms with Crippen molar-refractivity contribution in [2.45, 2.75) is 33.7 Å². The van der Waals surface area contributed by atoms with Gasteiger partial charge in [0.25, 0.3) is 5.56 Å². The molecule has 8 heteroatoms. The second-order valence-electron chi connectivity index (χ2n) is 6.75. The Bertz CT molecular complexity index is 1090. The first-order valence-corrected chi connectivity index (χ1v) is 9.26. The highest BCUT2D eigenvalue weighted by atomic mass is 16.3. The highest BCUT2D eigenvalue weighted by molar-refractivity contribution is 5.91. The van der Waals surface area contributed by atoms with Gasteiger partial charge in [0, 0.05) is 42.4 Å². The molecule has 1 amide bonds. The summed E-state index contributed by atoms with van der Waals surface area (Å²) in [7, 11) is 0.